The SMILES string of the molecule is O=C(C[S+]1CCCC1)C1CCC2CC3CCCCC3C2C1. The Balaban J connectivity index is 1.37. The minimum atomic E-state index is 0.458. The Morgan fingerprint density at radius 1 is 0.810 bits per heavy atom. The lowest BCUT2D eigenvalue weighted by Crippen LogP contribution is -2.33. The highest BCUT2D eigenvalue weighted by atomic mass is 32.2. The van der Waals surface area contributed by atoms with Crippen LogP contribution in [0.3, 0.4) is 0 Å². The Morgan fingerprint density at radius 2 is 1.57 bits per heavy atom. The number of hydrogen-bond donors (Lipinski definition) is 0. The summed E-state index contributed by atoms with van der Waals surface area (Å²) in [4.78, 5) is 12.7. The van der Waals surface area contributed by atoms with Crippen LogP contribution >= 0.6 is 0 Å². The van der Waals surface area contributed by atoms with Crippen LogP contribution < -0.4 is 0 Å². The van der Waals surface area contributed by atoms with E-state index < -0.39 is 0 Å². The van der Waals surface area contributed by atoms with Gasteiger partial charge in [-0.3, -0.25) is 4.79 Å². The van der Waals surface area contributed by atoms with Gasteiger partial charge in [0.2, 0.25) is 0 Å². The summed E-state index contributed by atoms with van der Waals surface area (Å²) in [6.07, 6.45) is 14.1. The van der Waals surface area contributed by atoms with Gasteiger partial charge in [-0.1, -0.05) is 19.3 Å². The van der Waals surface area contributed by atoms with Crippen molar-refractivity contribution in [3.63, 3.8) is 0 Å². The second kappa shape index (κ2) is 6.26. The fraction of sp³-hybridized carbons (Fsp3) is 0.947. The van der Waals surface area contributed by atoms with E-state index in [4.69, 9.17) is 0 Å². The van der Waals surface area contributed by atoms with Gasteiger partial charge in [0.25, 0.3) is 0 Å². The summed E-state index contributed by atoms with van der Waals surface area (Å²) in [6, 6.07) is 0. The van der Waals surface area contributed by atoms with Gasteiger partial charge >= 0.3 is 0 Å². The lowest BCUT2D eigenvalue weighted by molar-refractivity contribution is -0.122. The van der Waals surface area contributed by atoms with Crippen LogP contribution in [0.15, 0.2) is 0 Å². The van der Waals surface area contributed by atoms with E-state index in [1.54, 1.807) is 0 Å². The topological polar surface area (TPSA) is 17.1 Å². The summed E-state index contributed by atoms with van der Waals surface area (Å²) < 4.78 is 0. The van der Waals surface area contributed by atoms with Gasteiger partial charge < -0.3 is 0 Å². The van der Waals surface area contributed by atoms with E-state index in [0.29, 0.717) is 22.6 Å². The third-order valence-corrected chi connectivity index (χ3v) is 9.51. The van der Waals surface area contributed by atoms with Crippen LogP contribution in [0.25, 0.3) is 0 Å². The Kier molecular flexibility index (Phi) is 4.35. The zero-order chi connectivity index (χ0) is 14.2. The molecule has 0 aromatic carbocycles. The predicted molar refractivity (Wildman–Crippen MR) is 90.6 cm³/mol. The number of Topliss-reactive ketones (excluding diaryl/α,β-unsaturated/α-hetero) is 1. The summed E-state index contributed by atoms with van der Waals surface area (Å²) in [7, 11) is 0.477. The Morgan fingerprint density at radius 3 is 2.43 bits per heavy atom. The van der Waals surface area contributed by atoms with Gasteiger partial charge in [-0.25, -0.2) is 0 Å². The minimum Gasteiger partial charge on any atom is -0.294 e. The van der Waals surface area contributed by atoms with Crippen molar-refractivity contribution in [3.8, 4) is 0 Å². The second-order valence-corrected chi connectivity index (χ2v) is 10.5. The molecule has 4 fully saturated rings. The fourth-order valence-electron chi connectivity index (χ4n) is 6.04. The fourth-order valence-corrected chi connectivity index (χ4v) is 8.39. The number of carbonyl (C=O) groups is 1. The molecule has 1 nitrogen and oxygen atoms in total. The van der Waals surface area contributed by atoms with Gasteiger partial charge in [0, 0.05) is 5.92 Å². The first-order chi connectivity index (χ1) is 10.3. The first-order valence-corrected chi connectivity index (χ1v) is 11.2. The zero-order valence-electron chi connectivity index (χ0n) is 13.4. The van der Waals surface area contributed by atoms with E-state index >= 15 is 0 Å². The largest absolute Gasteiger partial charge is 0.294 e. The van der Waals surface area contributed by atoms with Gasteiger partial charge in [-0.05, 0) is 79.5 Å². The molecule has 4 aliphatic rings. The molecule has 3 saturated carbocycles. The summed E-state index contributed by atoms with van der Waals surface area (Å²) in [5, 5.41) is 0. The van der Waals surface area contributed by atoms with Crippen LogP contribution in [0.1, 0.15) is 64.2 Å². The monoisotopic (exact) mass is 307 g/mol. The van der Waals surface area contributed by atoms with Gasteiger partial charge in [0.15, 0.2) is 11.5 Å². The lowest BCUT2D eigenvalue weighted by Gasteiger charge is -2.35. The third-order valence-electron chi connectivity index (χ3n) is 7.09. The van der Waals surface area contributed by atoms with E-state index in [1.165, 1.54) is 75.7 Å². The molecular weight excluding hydrogens is 276 g/mol. The number of hydrogen-bond acceptors (Lipinski definition) is 1. The molecule has 1 saturated heterocycles. The standard InChI is InChI=1S/C19H31OS/c20-19(13-21-9-3-4-10-21)16-8-7-15-11-14-5-1-2-6-17(14)18(15)12-16/h14-18H,1-13H2/q+1. The van der Waals surface area contributed by atoms with E-state index in [1.807, 2.05) is 0 Å². The van der Waals surface area contributed by atoms with Crippen molar-refractivity contribution >= 4 is 16.7 Å². The lowest BCUT2D eigenvalue weighted by atomic mass is 9.69. The molecule has 0 aromatic heterocycles. The summed E-state index contributed by atoms with van der Waals surface area (Å²) in [6.45, 7) is 0. The molecule has 0 aromatic rings. The Labute approximate surface area is 133 Å². The average Bonchev–Trinajstić information content (AvgIpc) is 3.13. The Bertz CT molecular complexity index is 387. The van der Waals surface area contributed by atoms with E-state index in [9.17, 15) is 4.79 Å². The molecule has 5 unspecified atom stereocenters. The van der Waals surface area contributed by atoms with E-state index in [2.05, 4.69) is 0 Å². The molecule has 0 amide bonds. The maximum Gasteiger partial charge on any atom is 0.184 e. The molecule has 0 bridgehead atoms. The number of fused-ring (bicyclic) bond motifs is 3. The zero-order valence-corrected chi connectivity index (χ0v) is 14.2. The van der Waals surface area contributed by atoms with Crippen LogP contribution in [0.5, 0.6) is 0 Å². The highest BCUT2D eigenvalue weighted by molar-refractivity contribution is 7.97. The quantitative estimate of drug-likeness (QED) is 0.714. The molecule has 2 heteroatoms. The van der Waals surface area contributed by atoms with Crippen LogP contribution in [-0.2, 0) is 15.7 Å². The van der Waals surface area contributed by atoms with Crippen molar-refractivity contribution < 1.29 is 4.79 Å². The summed E-state index contributed by atoms with van der Waals surface area (Å²) in [5.41, 5.74) is 0. The predicted octanol–water partition coefficient (Wildman–Crippen LogP) is 4.21. The normalized spacial score (nSPS) is 43.5. The minimum absolute atomic E-state index is 0.458. The second-order valence-electron chi connectivity index (χ2n) is 8.22. The van der Waals surface area contributed by atoms with Crippen LogP contribution in [0.2, 0.25) is 0 Å². The molecule has 3 aliphatic carbocycles. The van der Waals surface area contributed by atoms with Crippen LogP contribution in [0, 0.1) is 29.6 Å². The Hall–Kier alpha value is 0.0200. The van der Waals surface area contributed by atoms with Crippen molar-refractivity contribution in [2.75, 3.05) is 17.3 Å². The van der Waals surface area contributed by atoms with Crippen LogP contribution in [0.4, 0.5) is 0 Å². The van der Waals surface area contributed by atoms with Gasteiger partial charge in [-0.2, -0.15) is 0 Å². The molecule has 0 N–H and O–H groups in total. The first kappa shape index (κ1) is 14.6. The van der Waals surface area contributed by atoms with Gasteiger partial charge in [-0.15, -0.1) is 0 Å². The molecule has 21 heavy (non-hydrogen) atoms. The molecule has 0 radical (unpaired) electrons. The van der Waals surface area contributed by atoms with Gasteiger partial charge in [0.05, 0.1) is 0 Å². The summed E-state index contributed by atoms with van der Waals surface area (Å²) in [5.74, 6) is 8.77. The van der Waals surface area contributed by atoms with E-state index in [-0.39, 0.29) is 0 Å². The molecule has 1 heterocycles. The highest BCUT2D eigenvalue weighted by Gasteiger charge is 2.47. The van der Waals surface area contributed by atoms with E-state index in [0.717, 1.165) is 29.4 Å². The van der Waals surface area contributed by atoms with Gasteiger partial charge in [0.1, 0.15) is 11.5 Å². The van der Waals surface area contributed by atoms with Crippen molar-refractivity contribution in [1.82, 2.24) is 0 Å². The number of carbonyl (C=O) groups excluding carboxylic acids is 1. The average molecular weight is 308 g/mol. The molecule has 5 atom stereocenters. The first-order valence-electron chi connectivity index (χ1n) is 9.48. The molecule has 118 valence electrons. The summed E-state index contributed by atoms with van der Waals surface area (Å²) >= 11 is 0. The third kappa shape index (κ3) is 2.94. The van der Waals surface area contributed by atoms with Crippen molar-refractivity contribution in [1.29, 1.82) is 0 Å². The number of rotatable bonds is 3. The molecule has 1 aliphatic heterocycles. The smallest absolute Gasteiger partial charge is 0.184 e. The van der Waals surface area contributed by atoms with Crippen LogP contribution in [-0.4, -0.2) is 23.0 Å². The maximum absolute atomic E-state index is 12.7. The molecule has 4 rings (SSSR count). The van der Waals surface area contributed by atoms with Crippen molar-refractivity contribution in [2.45, 2.75) is 64.2 Å². The molecule has 0 spiro atoms. The highest BCUT2D eigenvalue weighted by Crippen LogP contribution is 2.55. The number of ketones is 1. The van der Waals surface area contributed by atoms with Crippen molar-refractivity contribution in [3.05, 3.63) is 0 Å². The van der Waals surface area contributed by atoms with Crippen molar-refractivity contribution in [2.24, 2.45) is 29.6 Å². The maximum atomic E-state index is 12.7. The molecular formula is C19H31OS+.